The van der Waals surface area contributed by atoms with Crippen LogP contribution >= 0.6 is 24.0 Å². The number of methoxy groups -OCH3 is 3. The highest BCUT2D eigenvalue weighted by atomic mass is 127. The third kappa shape index (κ3) is 7.00. The smallest absolute Gasteiger partial charge is 0.191 e. The van der Waals surface area contributed by atoms with E-state index in [-0.39, 0.29) is 24.0 Å². The minimum atomic E-state index is 0. The Labute approximate surface area is 161 Å². The number of nitrogens with zero attached hydrogens (tertiary/aromatic N) is 1. The molecule has 8 heteroatoms. The van der Waals surface area contributed by atoms with Crippen LogP contribution in [-0.2, 0) is 11.3 Å². The fourth-order valence-corrected chi connectivity index (χ4v) is 2.02. The molecule has 1 aromatic carbocycles. The van der Waals surface area contributed by atoms with E-state index >= 15 is 0 Å². The van der Waals surface area contributed by atoms with Crippen LogP contribution in [0.4, 0.5) is 0 Å². The van der Waals surface area contributed by atoms with Crippen molar-refractivity contribution in [1.29, 1.82) is 0 Å². The summed E-state index contributed by atoms with van der Waals surface area (Å²) in [6.45, 7) is 4.54. The van der Waals surface area contributed by atoms with Gasteiger partial charge in [-0.3, -0.25) is 4.99 Å². The van der Waals surface area contributed by atoms with Gasteiger partial charge in [-0.1, -0.05) is 0 Å². The number of rotatable bonds is 9. The molecule has 0 aliphatic carbocycles. The third-order valence-corrected chi connectivity index (χ3v) is 3.20. The SMILES string of the molecule is CCOCCNC(=NC)NCc1cc(OC)c(OC)cc1OC.I. The molecule has 0 amide bonds. The van der Waals surface area contributed by atoms with Crippen molar-refractivity contribution in [3.05, 3.63) is 17.7 Å². The number of hydrogen-bond acceptors (Lipinski definition) is 5. The molecule has 24 heavy (non-hydrogen) atoms. The van der Waals surface area contributed by atoms with E-state index in [1.54, 1.807) is 34.4 Å². The second-order valence-corrected chi connectivity index (χ2v) is 4.57. The van der Waals surface area contributed by atoms with Crippen molar-refractivity contribution in [2.45, 2.75) is 13.5 Å². The Bertz CT molecular complexity index is 512. The van der Waals surface area contributed by atoms with E-state index in [1.807, 2.05) is 13.0 Å². The Kier molecular flexibility index (Phi) is 12.2. The van der Waals surface area contributed by atoms with E-state index in [9.17, 15) is 0 Å². The van der Waals surface area contributed by atoms with Gasteiger partial charge in [0.2, 0.25) is 0 Å². The van der Waals surface area contributed by atoms with Gasteiger partial charge in [-0.05, 0) is 13.0 Å². The quantitative estimate of drug-likeness (QED) is 0.258. The normalized spacial score (nSPS) is 10.6. The molecule has 0 aliphatic heterocycles. The second kappa shape index (κ2) is 12.9. The van der Waals surface area contributed by atoms with Gasteiger partial charge in [0.05, 0.1) is 27.9 Å². The van der Waals surface area contributed by atoms with E-state index in [0.29, 0.717) is 43.8 Å². The highest BCUT2D eigenvalue weighted by Gasteiger charge is 2.12. The van der Waals surface area contributed by atoms with Crippen LogP contribution in [0.5, 0.6) is 17.2 Å². The van der Waals surface area contributed by atoms with E-state index in [1.165, 1.54) is 0 Å². The molecule has 0 heterocycles. The number of guanidine groups is 1. The van der Waals surface area contributed by atoms with E-state index in [0.717, 1.165) is 11.3 Å². The van der Waals surface area contributed by atoms with Crippen molar-refractivity contribution in [3.63, 3.8) is 0 Å². The summed E-state index contributed by atoms with van der Waals surface area (Å²) in [5.41, 5.74) is 0.943. The van der Waals surface area contributed by atoms with Gasteiger partial charge < -0.3 is 29.6 Å². The van der Waals surface area contributed by atoms with Crippen molar-refractivity contribution < 1.29 is 18.9 Å². The van der Waals surface area contributed by atoms with E-state index in [2.05, 4.69) is 15.6 Å². The summed E-state index contributed by atoms with van der Waals surface area (Å²) in [4.78, 5) is 4.17. The molecule has 0 aliphatic rings. The standard InChI is InChI=1S/C16H27N3O4.HI/c1-6-23-8-7-18-16(17-2)19-11-12-9-14(21-4)15(22-5)10-13(12)20-3;/h9-10H,6-8,11H2,1-5H3,(H2,17,18,19);1H. The second-order valence-electron chi connectivity index (χ2n) is 4.57. The fraction of sp³-hybridized carbons (Fsp3) is 0.562. The fourth-order valence-electron chi connectivity index (χ4n) is 2.02. The number of halogens is 1. The Morgan fingerprint density at radius 2 is 1.62 bits per heavy atom. The molecule has 138 valence electrons. The van der Waals surface area contributed by atoms with Gasteiger partial charge in [-0.25, -0.2) is 0 Å². The number of benzene rings is 1. The molecular formula is C16H28IN3O4. The first-order valence-corrected chi connectivity index (χ1v) is 7.51. The Balaban J connectivity index is 0.00000529. The lowest BCUT2D eigenvalue weighted by Gasteiger charge is -2.16. The Hall–Kier alpha value is -1.42. The number of nitrogens with one attached hydrogen (secondary N) is 2. The summed E-state index contributed by atoms with van der Waals surface area (Å²) < 4.78 is 21.3. The molecule has 0 aromatic heterocycles. The average Bonchev–Trinajstić information content (AvgIpc) is 2.60. The van der Waals surface area contributed by atoms with Gasteiger partial charge in [-0.2, -0.15) is 0 Å². The summed E-state index contributed by atoms with van der Waals surface area (Å²) in [6.07, 6.45) is 0. The zero-order valence-corrected chi connectivity index (χ0v) is 17.3. The molecule has 0 fully saturated rings. The number of aliphatic imine (C=N–C) groups is 1. The van der Waals surface area contributed by atoms with Gasteiger partial charge in [0.15, 0.2) is 17.5 Å². The summed E-state index contributed by atoms with van der Waals surface area (Å²) in [5.74, 6) is 2.71. The summed E-state index contributed by atoms with van der Waals surface area (Å²) in [5, 5.41) is 6.41. The molecule has 0 unspecified atom stereocenters. The molecule has 0 bridgehead atoms. The van der Waals surface area contributed by atoms with Crippen LogP contribution in [0.15, 0.2) is 17.1 Å². The zero-order valence-electron chi connectivity index (χ0n) is 15.0. The largest absolute Gasteiger partial charge is 0.496 e. The lowest BCUT2D eigenvalue weighted by Crippen LogP contribution is -2.38. The topological polar surface area (TPSA) is 73.3 Å². The maximum absolute atomic E-state index is 5.41. The first-order chi connectivity index (χ1) is 11.2. The third-order valence-electron chi connectivity index (χ3n) is 3.20. The van der Waals surface area contributed by atoms with Gasteiger partial charge in [0.1, 0.15) is 5.75 Å². The lowest BCUT2D eigenvalue weighted by atomic mass is 10.1. The summed E-state index contributed by atoms with van der Waals surface area (Å²) in [6, 6.07) is 3.69. The highest BCUT2D eigenvalue weighted by molar-refractivity contribution is 14.0. The molecule has 0 radical (unpaired) electrons. The maximum atomic E-state index is 5.41. The van der Waals surface area contributed by atoms with Crippen LogP contribution in [0, 0.1) is 0 Å². The van der Waals surface area contributed by atoms with Crippen molar-refractivity contribution >= 4 is 29.9 Å². The number of hydrogen-bond donors (Lipinski definition) is 2. The first-order valence-electron chi connectivity index (χ1n) is 7.51. The summed E-state index contributed by atoms with van der Waals surface area (Å²) in [7, 11) is 6.55. The predicted octanol–water partition coefficient (Wildman–Crippen LogP) is 2.03. The molecule has 0 atom stereocenters. The van der Waals surface area contributed by atoms with Crippen molar-refractivity contribution in [2.24, 2.45) is 4.99 Å². The predicted molar refractivity (Wildman–Crippen MR) is 106 cm³/mol. The average molecular weight is 453 g/mol. The van der Waals surface area contributed by atoms with Crippen LogP contribution < -0.4 is 24.8 Å². The van der Waals surface area contributed by atoms with Crippen molar-refractivity contribution in [1.82, 2.24) is 10.6 Å². The van der Waals surface area contributed by atoms with Gasteiger partial charge >= 0.3 is 0 Å². The van der Waals surface area contributed by atoms with Gasteiger partial charge in [0, 0.05) is 38.4 Å². The molecule has 1 rings (SSSR count). The van der Waals surface area contributed by atoms with Crippen LogP contribution in [0.3, 0.4) is 0 Å². The minimum Gasteiger partial charge on any atom is -0.496 e. The molecule has 0 spiro atoms. The first kappa shape index (κ1) is 22.6. The number of ether oxygens (including phenoxy) is 4. The maximum Gasteiger partial charge on any atom is 0.191 e. The van der Waals surface area contributed by atoms with E-state index in [4.69, 9.17) is 18.9 Å². The Morgan fingerprint density at radius 1 is 1.00 bits per heavy atom. The Morgan fingerprint density at radius 3 is 2.17 bits per heavy atom. The molecular weight excluding hydrogens is 425 g/mol. The van der Waals surface area contributed by atoms with Crippen LogP contribution in [0.25, 0.3) is 0 Å². The molecule has 1 aromatic rings. The lowest BCUT2D eigenvalue weighted by molar-refractivity contribution is 0.152. The zero-order chi connectivity index (χ0) is 17.1. The van der Waals surface area contributed by atoms with Crippen LogP contribution in [-0.4, -0.2) is 54.1 Å². The van der Waals surface area contributed by atoms with Crippen molar-refractivity contribution in [2.75, 3.05) is 48.1 Å². The molecule has 0 saturated carbocycles. The highest BCUT2D eigenvalue weighted by Crippen LogP contribution is 2.34. The monoisotopic (exact) mass is 453 g/mol. The van der Waals surface area contributed by atoms with Crippen LogP contribution in [0.2, 0.25) is 0 Å². The molecule has 7 nitrogen and oxygen atoms in total. The molecule has 2 N–H and O–H groups in total. The van der Waals surface area contributed by atoms with Gasteiger partial charge in [-0.15, -0.1) is 24.0 Å². The van der Waals surface area contributed by atoms with Crippen LogP contribution in [0.1, 0.15) is 12.5 Å². The minimum absolute atomic E-state index is 0. The van der Waals surface area contributed by atoms with Crippen molar-refractivity contribution in [3.8, 4) is 17.2 Å². The van der Waals surface area contributed by atoms with E-state index < -0.39 is 0 Å². The summed E-state index contributed by atoms with van der Waals surface area (Å²) >= 11 is 0. The van der Waals surface area contributed by atoms with Gasteiger partial charge in [0.25, 0.3) is 0 Å². The molecule has 0 saturated heterocycles.